The van der Waals surface area contributed by atoms with E-state index in [9.17, 15) is 4.79 Å². The Morgan fingerprint density at radius 2 is 2.07 bits per heavy atom. The molecule has 0 unspecified atom stereocenters. The topological polar surface area (TPSA) is 89.7 Å². The number of carbonyl (C=O) groups is 1. The zero-order valence-electron chi connectivity index (χ0n) is 17.9. The molecule has 1 saturated heterocycles. The molecule has 1 fully saturated rings. The molecule has 1 spiro atoms. The average molecular weight is 411 g/mol. The van der Waals surface area contributed by atoms with Crippen molar-refractivity contribution >= 4 is 17.4 Å². The highest BCUT2D eigenvalue weighted by atomic mass is 16.5. The number of benzene rings is 1. The van der Waals surface area contributed by atoms with E-state index in [4.69, 9.17) is 15.2 Å². The van der Waals surface area contributed by atoms with Crippen LogP contribution in [-0.4, -0.2) is 43.2 Å². The number of anilines is 2. The Labute approximate surface area is 177 Å². The number of amides is 1. The number of piperidine rings is 1. The van der Waals surface area contributed by atoms with Crippen molar-refractivity contribution in [3.05, 3.63) is 53.7 Å². The number of nitrogens with zero attached hydrogens (tertiary/aromatic N) is 2. The summed E-state index contributed by atoms with van der Waals surface area (Å²) >= 11 is 0. The summed E-state index contributed by atoms with van der Waals surface area (Å²) in [6.07, 6.45) is 2.61. The molecule has 2 aliphatic rings. The fourth-order valence-electron chi connectivity index (χ4n) is 4.33. The number of ether oxygens (including phenoxy) is 2. The number of nitrogens with one attached hydrogen (secondary N) is 1. The highest BCUT2D eigenvalue weighted by Gasteiger charge is 2.49. The van der Waals surface area contributed by atoms with Crippen LogP contribution in [0.25, 0.3) is 0 Å². The molecule has 1 aromatic carbocycles. The molecule has 2 aliphatic heterocycles. The Morgan fingerprint density at radius 1 is 1.33 bits per heavy atom. The standard InChI is InChI=1S/C23H30N4O3/c1-22(2,29-3)15-27(19-14-16(24)8-11-26-19)21(28)20-17-6-4-5-7-18(17)23(30-20)9-12-25-13-10-23/h4-8,11,14,20,25H,9-10,12-13,15H2,1-3H3,(H2,24,26)/t20-/m1/s1. The summed E-state index contributed by atoms with van der Waals surface area (Å²) in [6.45, 7) is 5.95. The first-order chi connectivity index (χ1) is 14.4. The number of fused-ring (bicyclic) bond motifs is 2. The zero-order chi connectivity index (χ0) is 21.4. The summed E-state index contributed by atoms with van der Waals surface area (Å²) in [5.74, 6) is 0.346. The van der Waals surface area contributed by atoms with Crippen LogP contribution in [-0.2, 0) is 19.9 Å². The van der Waals surface area contributed by atoms with E-state index in [1.165, 1.54) is 0 Å². The number of pyridine rings is 1. The molecule has 7 heteroatoms. The monoisotopic (exact) mass is 410 g/mol. The van der Waals surface area contributed by atoms with Gasteiger partial charge in [-0.05, 0) is 57.0 Å². The molecule has 0 saturated carbocycles. The molecule has 1 atom stereocenters. The van der Waals surface area contributed by atoms with Crippen LogP contribution in [0.4, 0.5) is 11.5 Å². The van der Waals surface area contributed by atoms with Crippen molar-refractivity contribution in [2.75, 3.05) is 37.4 Å². The van der Waals surface area contributed by atoms with E-state index in [0.29, 0.717) is 18.1 Å². The van der Waals surface area contributed by atoms with Gasteiger partial charge in [0.15, 0.2) is 6.10 Å². The minimum atomic E-state index is -0.685. The number of nitrogen functional groups attached to an aromatic ring is 1. The lowest BCUT2D eigenvalue weighted by molar-refractivity contribution is -0.145. The van der Waals surface area contributed by atoms with Crippen molar-refractivity contribution < 1.29 is 14.3 Å². The van der Waals surface area contributed by atoms with Crippen molar-refractivity contribution in [3.8, 4) is 0 Å². The van der Waals surface area contributed by atoms with E-state index in [1.54, 1.807) is 30.3 Å². The Morgan fingerprint density at radius 3 is 2.77 bits per heavy atom. The SMILES string of the molecule is COC(C)(C)CN(C(=O)[C@@H]1OC2(CCNCC2)c2ccccc21)c1cc(N)ccn1. The molecular weight excluding hydrogens is 380 g/mol. The van der Waals surface area contributed by atoms with Gasteiger partial charge in [0.05, 0.1) is 17.7 Å². The predicted octanol–water partition coefficient (Wildman–Crippen LogP) is 2.77. The molecule has 1 amide bonds. The van der Waals surface area contributed by atoms with Gasteiger partial charge in [0, 0.05) is 25.1 Å². The van der Waals surface area contributed by atoms with Crippen LogP contribution < -0.4 is 16.0 Å². The maximum atomic E-state index is 13.9. The van der Waals surface area contributed by atoms with E-state index in [2.05, 4.69) is 16.4 Å². The molecule has 7 nitrogen and oxygen atoms in total. The average Bonchev–Trinajstić information content (AvgIpc) is 3.06. The smallest absolute Gasteiger partial charge is 0.262 e. The lowest BCUT2D eigenvalue weighted by atomic mass is 9.84. The quantitative estimate of drug-likeness (QED) is 0.788. The zero-order valence-corrected chi connectivity index (χ0v) is 17.9. The van der Waals surface area contributed by atoms with Crippen LogP contribution in [0.2, 0.25) is 0 Å². The van der Waals surface area contributed by atoms with Gasteiger partial charge in [0.1, 0.15) is 5.82 Å². The van der Waals surface area contributed by atoms with Crippen molar-refractivity contribution in [2.24, 2.45) is 0 Å². The third kappa shape index (κ3) is 3.80. The number of carbonyl (C=O) groups excluding carboxylic acids is 1. The summed E-state index contributed by atoms with van der Waals surface area (Å²) in [7, 11) is 1.64. The normalized spacial score (nSPS) is 20.2. The van der Waals surface area contributed by atoms with Crippen LogP contribution in [0.15, 0.2) is 42.6 Å². The largest absolute Gasteiger partial charge is 0.399 e. The van der Waals surface area contributed by atoms with Crippen molar-refractivity contribution in [2.45, 2.75) is 44.0 Å². The van der Waals surface area contributed by atoms with E-state index in [1.807, 2.05) is 32.0 Å². The second-order valence-electron chi connectivity index (χ2n) is 8.67. The molecule has 2 aromatic rings. The Kier molecular flexibility index (Phi) is 5.53. The van der Waals surface area contributed by atoms with Gasteiger partial charge in [-0.3, -0.25) is 9.69 Å². The van der Waals surface area contributed by atoms with Crippen LogP contribution >= 0.6 is 0 Å². The van der Waals surface area contributed by atoms with Gasteiger partial charge in [-0.25, -0.2) is 4.98 Å². The first kappa shape index (κ1) is 20.8. The van der Waals surface area contributed by atoms with Gasteiger partial charge in [-0.15, -0.1) is 0 Å². The van der Waals surface area contributed by atoms with Gasteiger partial charge in [0.2, 0.25) is 0 Å². The number of nitrogens with two attached hydrogens (primary N) is 1. The fourth-order valence-corrected chi connectivity index (χ4v) is 4.33. The molecule has 160 valence electrons. The van der Waals surface area contributed by atoms with Crippen LogP contribution in [0.5, 0.6) is 0 Å². The number of hydrogen-bond donors (Lipinski definition) is 2. The number of hydrogen-bond acceptors (Lipinski definition) is 6. The number of rotatable bonds is 5. The Balaban J connectivity index is 1.72. The molecule has 4 rings (SSSR count). The lowest BCUT2D eigenvalue weighted by Crippen LogP contribution is -2.46. The van der Waals surface area contributed by atoms with Gasteiger partial charge in [0.25, 0.3) is 5.91 Å². The highest BCUT2D eigenvalue weighted by Crippen LogP contribution is 2.49. The summed E-state index contributed by atoms with van der Waals surface area (Å²) in [4.78, 5) is 19.9. The maximum Gasteiger partial charge on any atom is 0.262 e. The first-order valence-electron chi connectivity index (χ1n) is 10.4. The van der Waals surface area contributed by atoms with E-state index >= 15 is 0 Å². The summed E-state index contributed by atoms with van der Waals surface area (Å²) < 4.78 is 12.2. The fraction of sp³-hybridized carbons (Fsp3) is 0.478. The first-order valence-corrected chi connectivity index (χ1v) is 10.4. The van der Waals surface area contributed by atoms with Gasteiger partial charge in [-0.1, -0.05) is 24.3 Å². The number of aromatic nitrogens is 1. The molecule has 30 heavy (non-hydrogen) atoms. The highest BCUT2D eigenvalue weighted by molar-refractivity contribution is 5.97. The Hall–Kier alpha value is -2.48. The summed E-state index contributed by atoms with van der Waals surface area (Å²) in [6, 6.07) is 11.5. The van der Waals surface area contributed by atoms with Crippen LogP contribution in [0, 0.1) is 0 Å². The maximum absolute atomic E-state index is 13.9. The molecule has 0 radical (unpaired) electrons. The second kappa shape index (κ2) is 7.98. The predicted molar refractivity (Wildman–Crippen MR) is 116 cm³/mol. The van der Waals surface area contributed by atoms with Gasteiger partial charge < -0.3 is 20.5 Å². The molecule has 0 aliphatic carbocycles. The van der Waals surface area contributed by atoms with E-state index in [-0.39, 0.29) is 5.91 Å². The van der Waals surface area contributed by atoms with Gasteiger partial charge in [-0.2, -0.15) is 0 Å². The Bertz CT molecular complexity index is 924. The lowest BCUT2D eigenvalue weighted by Gasteiger charge is -2.36. The third-order valence-corrected chi connectivity index (χ3v) is 6.12. The molecule has 3 N–H and O–H groups in total. The van der Waals surface area contributed by atoms with Crippen molar-refractivity contribution in [1.82, 2.24) is 10.3 Å². The third-order valence-electron chi connectivity index (χ3n) is 6.12. The van der Waals surface area contributed by atoms with E-state index in [0.717, 1.165) is 37.1 Å². The van der Waals surface area contributed by atoms with Crippen LogP contribution in [0.3, 0.4) is 0 Å². The van der Waals surface area contributed by atoms with E-state index < -0.39 is 17.3 Å². The van der Waals surface area contributed by atoms with Crippen LogP contribution in [0.1, 0.15) is 43.9 Å². The summed E-state index contributed by atoms with van der Waals surface area (Å²) in [5.41, 5.74) is 7.61. The molecular formula is C23H30N4O3. The number of methoxy groups -OCH3 is 1. The van der Waals surface area contributed by atoms with Gasteiger partial charge >= 0.3 is 0 Å². The minimum Gasteiger partial charge on any atom is -0.399 e. The minimum absolute atomic E-state index is 0.152. The van der Waals surface area contributed by atoms with Crippen molar-refractivity contribution in [3.63, 3.8) is 0 Å². The second-order valence-corrected chi connectivity index (χ2v) is 8.67. The molecule has 0 bridgehead atoms. The van der Waals surface area contributed by atoms with Crippen molar-refractivity contribution in [1.29, 1.82) is 0 Å². The summed E-state index contributed by atoms with van der Waals surface area (Å²) in [5, 5.41) is 3.39. The molecule has 3 heterocycles. The molecule has 1 aromatic heterocycles.